The molecule has 0 amide bonds. The van der Waals surface area contributed by atoms with Crippen molar-refractivity contribution in [2.24, 2.45) is 0 Å². The van der Waals surface area contributed by atoms with Crippen molar-refractivity contribution in [1.29, 1.82) is 5.26 Å². The maximum absolute atomic E-state index is 11.1. The second-order valence-electron chi connectivity index (χ2n) is 7.81. The van der Waals surface area contributed by atoms with Gasteiger partial charge in [-0.25, -0.2) is 4.98 Å². The molecule has 0 fully saturated rings. The normalized spacial score (nSPS) is 12.7. The molecule has 9 nitrogen and oxygen atoms in total. The van der Waals surface area contributed by atoms with Crippen LogP contribution in [-0.2, 0) is 0 Å². The van der Waals surface area contributed by atoms with E-state index in [1.807, 2.05) is 65.2 Å². The third kappa shape index (κ3) is 4.39. The first kappa shape index (κ1) is 23.1. The van der Waals surface area contributed by atoms with Crippen LogP contribution in [0.2, 0.25) is 0 Å². The average molecular weight is 496 g/mol. The van der Waals surface area contributed by atoms with Gasteiger partial charge in [-0.05, 0) is 55.5 Å². The van der Waals surface area contributed by atoms with Crippen LogP contribution in [0.25, 0.3) is 33.7 Å². The summed E-state index contributed by atoms with van der Waals surface area (Å²) < 4.78 is 7.20. The van der Waals surface area contributed by atoms with E-state index in [1.54, 1.807) is 26.4 Å². The summed E-state index contributed by atoms with van der Waals surface area (Å²) >= 11 is 1.29. The van der Waals surface area contributed by atoms with E-state index in [0.29, 0.717) is 16.8 Å². The first-order chi connectivity index (χ1) is 17.6. The fraction of sp³-hybridized carbons (Fsp3) is 0.115. The predicted molar refractivity (Wildman–Crippen MR) is 138 cm³/mol. The van der Waals surface area contributed by atoms with E-state index >= 15 is 0 Å². The van der Waals surface area contributed by atoms with Gasteiger partial charge in [0.25, 0.3) is 0 Å². The van der Waals surface area contributed by atoms with Gasteiger partial charge in [0.05, 0.1) is 23.4 Å². The summed E-state index contributed by atoms with van der Waals surface area (Å²) in [6.45, 7) is 1.80. The number of aromatic amines is 1. The van der Waals surface area contributed by atoms with Crippen LogP contribution in [0.5, 0.6) is 5.75 Å². The molecule has 0 bridgehead atoms. The number of nitriles is 1. The summed E-state index contributed by atoms with van der Waals surface area (Å²) in [6.07, 6.45) is 3.39. The zero-order valence-electron chi connectivity index (χ0n) is 19.5. The molecule has 2 N–H and O–H groups in total. The zero-order valence-corrected chi connectivity index (χ0v) is 20.3. The highest BCUT2D eigenvalue weighted by Gasteiger charge is 2.23. The lowest BCUT2D eigenvalue weighted by molar-refractivity contribution is 0.401. The van der Waals surface area contributed by atoms with Crippen LogP contribution in [0.3, 0.4) is 0 Å². The van der Waals surface area contributed by atoms with Crippen LogP contribution in [-0.4, -0.2) is 47.2 Å². The molecule has 2 aromatic carbocycles. The van der Waals surface area contributed by atoms with Crippen LogP contribution in [0.4, 0.5) is 0 Å². The fourth-order valence-electron chi connectivity index (χ4n) is 3.72. The van der Waals surface area contributed by atoms with Gasteiger partial charge in [-0.2, -0.15) is 5.26 Å². The van der Waals surface area contributed by atoms with Gasteiger partial charge in [0.1, 0.15) is 23.2 Å². The molecule has 3 heterocycles. The quantitative estimate of drug-likeness (QED) is 0.180. The predicted octanol–water partition coefficient (Wildman–Crippen LogP) is 5.19. The van der Waals surface area contributed by atoms with Crippen LogP contribution in [0, 0.1) is 11.3 Å². The minimum atomic E-state index is -0.514. The zero-order chi connectivity index (χ0) is 25.1. The number of thioether (sulfide) groups is 1. The van der Waals surface area contributed by atoms with Crippen molar-refractivity contribution in [3.05, 3.63) is 84.6 Å². The summed E-state index contributed by atoms with van der Waals surface area (Å²) in [5.41, 5.74) is 3.25. The molecule has 0 radical (unpaired) electrons. The maximum atomic E-state index is 11.1. The molecule has 0 saturated heterocycles. The number of aliphatic hydroxyl groups excluding tert-OH is 1. The number of nitrogens with zero attached hydrogens (tertiary/aromatic N) is 6. The summed E-state index contributed by atoms with van der Waals surface area (Å²) in [4.78, 5) is 11.7. The van der Waals surface area contributed by atoms with Gasteiger partial charge >= 0.3 is 0 Å². The van der Waals surface area contributed by atoms with Crippen molar-refractivity contribution in [1.82, 2.24) is 29.7 Å². The van der Waals surface area contributed by atoms with Gasteiger partial charge in [-0.1, -0.05) is 23.9 Å². The van der Waals surface area contributed by atoms with Crippen molar-refractivity contribution >= 4 is 28.4 Å². The number of hydrogen-bond donors (Lipinski definition) is 2. The highest BCUT2D eigenvalue weighted by atomic mass is 32.2. The fourth-order valence-corrected chi connectivity index (χ4v) is 4.65. The largest absolute Gasteiger partial charge is 0.510 e. The number of pyridine rings is 1. The van der Waals surface area contributed by atoms with Gasteiger partial charge in [0, 0.05) is 23.6 Å². The lowest BCUT2D eigenvalue weighted by atomic mass is 10.2. The average Bonchev–Trinajstić information content (AvgIpc) is 3.54. The number of benzene rings is 2. The second-order valence-corrected chi connectivity index (χ2v) is 9.12. The SMILES string of the molecule is COc1ccc(-n2c(SC(C)/C(O)=C(\C#N)c3nc4ccccc4[nH]3)nnc2-c2ccncc2)cc1. The lowest BCUT2D eigenvalue weighted by Crippen LogP contribution is -2.07. The molecule has 5 aromatic rings. The number of ether oxygens (including phenoxy) is 1. The highest BCUT2D eigenvalue weighted by Crippen LogP contribution is 2.34. The summed E-state index contributed by atoms with van der Waals surface area (Å²) in [5.74, 6) is 1.57. The molecule has 5 rings (SSSR count). The number of aliphatic hydroxyl groups is 1. The number of methoxy groups -OCH3 is 1. The molecule has 0 aliphatic rings. The van der Waals surface area contributed by atoms with Crippen molar-refractivity contribution in [2.75, 3.05) is 7.11 Å². The van der Waals surface area contributed by atoms with E-state index in [4.69, 9.17) is 4.74 Å². The van der Waals surface area contributed by atoms with Gasteiger partial charge in [-0.3, -0.25) is 9.55 Å². The number of rotatable bonds is 7. The minimum absolute atomic E-state index is 0.0797. The lowest BCUT2D eigenvalue weighted by Gasteiger charge is -2.14. The molecule has 1 unspecified atom stereocenters. The van der Waals surface area contributed by atoms with E-state index in [-0.39, 0.29) is 11.3 Å². The first-order valence-electron chi connectivity index (χ1n) is 11.0. The van der Waals surface area contributed by atoms with Crippen molar-refractivity contribution in [2.45, 2.75) is 17.3 Å². The Morgan fingerprint density at radius 2 is 1.83 bits per heavy atom. The van der Waals surface area contributed by atoms with Crippen molar-refractivity contribution in [3.8, 4) is 28.9 Å². The summed E-state index contributed by atoms with van der Waals surface area (Å²) in [6, 6.07) is 20.8. The van der Waals surface area contributed by atoms with E-state index in [9.17, 15) is 10.4 Å². The molecular formula is C26H21N7O2S. The van der Waals surface area contributed by atoms with E-state index in [1.165, 1.54) is 11.8 Å². The molecule has 36 heavy (non-hydrogen) atoms. The van der Waals surface area contributed by atoms with E-state index in [0.717, 1.165) is 28.0 Å². The molecule has 0 spiro atoms. The third-order valence-corrected chi connectivity index (χ3v) is 6.62. The number of H-pyrrole nitrogens is 1. The Morgan fingerprint density at radius 3 is 2.53 bits per heavy atom. The molecule has 3 aromatic heterocycles. The van der Waals surface area contributed by atoms with Crippen LogP contribution < -0.4 is 4.74 Å². The summed E-state index contributed by atoms with van der Waals surface area (Å²) in [5, 5.41) is 29.8. The third-order valence-electron chi connectivity index (χ3n) is 5.56. The number of imidazole rings is 1. The molecule has 178 valence electrons. The van der Waals surface area contributed by atoms with Crippen molar-refractivity contribution < 1.29 is 9.84 Å². The topological polar surface area (TPSA) is 126 Å². The number of nitrogens with one attached hydrogen (secondary N) is 1. The summed E-state index contributed by atoms with van der Waals surface area (Å²) in [7, 11) is 1.61. The number of para-hydroxylation sites is 2. The Hall–Kier alpha value is -4.62. The Balaban J connectivity index is 1.54. The Bertz CT molecular complexity index is 1550. The number of hydrogen-bond acceptors (Lipinski definition) is 8. The second kappa shape index (κ2) is 9.93. The van der Waals surface area contributed by atoms with Gasteiger partial charge in [0.2, 0.25) is 0 Å². The van der Waals surface area contributed by atoms with Crippen LogP contribution in [0.15, 0.2) is 84.0 Å². The molecule has 0 saturated carbocycles. The monoisotopic (exact) mass is 495 g/mol. The Labute approximate surface area is 211 Å². The number of allylic oxidation sites excluding steroid dienone is 1. The smallest absolute Gasteiger partial charge is 0.196 e. The Kier molecular flexibility index (Phi) is 6.38. The molecule has 0 aliphatic heterocycles. The highest BCUT2D eigenvalue weighted by molar-refractivity contribution is 8.00. The molecule has 1 atom stereocenters. The number of fused-ring (bicyclic) bond motifs is 1. The van der Waals surface area contributed by atoms with Gasteiger partial charge in [-0.15, -0.1) is 10.2 Å². The number of aromatic nitrogens is 6. The molecule has 0 aliphatic carbocycles. The first-order valence-corrected chi connectivity index (χ1v) is 11.9. The van der Waals surface area contributed by atoms with Gasteiger partial charge < -0.3 is 14.8 Å². The van der Waals surface area contributed by atoms with Gasteiger partial charge in [0.15, 0.2) is 16.8 Å². The van der Waals surface area contributed by atoms with E-state index in [2.05, 4.69) is 31.2 Å². The molecule has 10 heteroatoms. The van der Waals surface area contributed by atoms with Crippen molar-refractivity contribution in [3.63, 3.8) is 0 Å². The standard InChI is InChI=1S/C26H21N7O2S/c1-16(23(34)20(15-27)24-29-21-5-3-4-6-22(21)30-24)36-26-32-31-25(17-11-13-28-14-12-17)33(26)18-7-9-19(35-2)10-8-18/h3-14,16,34H,1-2H3,(H,29,30)/b23-20-. The van der Waals surface area contributed by atoms with E-state index < -0.39 is 5.25 Å². The minimum Gasteiger partial charge on any atom is -0.510 e. The molecular weight excluding hydrogens is 474 g/mol. The van der Waals surface area contributed by atoms with Crippen LogP contribution in [0.1, 0.15) is 12.7 Å². The van der Waals surface area contributed by atoms with Crippen LogP contribution >= 0.6 is 11.8 Å². The Morgan fingerprint density at radius 1 is 1.08 bits per heavy atom. The maximum Gasteiger partial charge on any atom is 0.196 e.